The van der Waals surface area contributed by atoms with Crippen LogP contribution in [0.1, 0.15) is 30.2 Å². The largest absolute Gasteiger partial charge is 0.464 e. The lowest BCUT2D eigenvalue weighted by atomic mass is 10.2. The van der Waals surface area contributed by atoms with Crippen LogP contribution in [0, 0.1) is 0 Å². The van der Waals surface area contributed by atoms with Gasteiger partial charge in [-0.1, -0.05) is 17.8 Å². The summed E-state index contributed by atoms with van der Waals surface area (Å²) in [4.78, 5) is 4.27. The number of nitrogens with zero attached hydrogens (tertiary/aromatic N) is 1. The molecule has 0 aliphatic carbocycles. The van der Waals surface area contributed by atoms with Crippen molar-refractivity contribution in [2.45, 2.75) is 31.0 Å². The van der Waals surface area contributed by atoms with E-state index >= 15 is 0 Å². The van der Waals surface area contributed by atoms with Gasteiger partial charge in [0.1, 0.15) is 11.5 Å². The number of hydrogen-bond acceptors (Lipinski definition) is 4. The second-order valence-electron chi connectivity index (χ2n) is 4.30. The van der Waals surface area contributed by atoms with Crippen LogP contribution >= 0.6 is 11.8 Å². The Morgan fingerprint density at radius 2 is 2.05 bits per heavy atom. The molecule has 3 nitrogen and oxygen atoms in total. The summed E-state index contributed by atoms with van der Waals surface area (Å²) in [5, 5.41) is 3.28. The van der Waals surface area contributed by atoms with Crippen molar-refractivity contribution in [2.75, 3.05) is 0 Å². The number of rotatable bonds is 7. The fraction of sp³-hybridized carbons (Fsp3) is 0.357. The average molecular weight is 298 g/mol. The molecule has 2 aromatic heterocycles. The van der Waals surface area contributed by atoms with Crippen molar-refractivity contribution in [1.82, 2.24) is 10.3 Å². The van der Waals surface area contributed by atoms with Crippen LogP contribution in [0.15, 0.2) is 40.9 Å². The van der Waals surface area contributed by atoms with Crippen LogP contribution in [0.25, 0.3) is 0 Å². The molecule has 1 atom stereocenters. The van der Waals surface area contributed by atoms with Crippen LogP contribution in [0.4, 0.5) is 8.78 Å². The first kappa shape index (κ1) is 15.0. The third kappa shape index (κ3) is 4.61. The standard InChI is InChI=1S/C14H16F2N2OS/c1-10(13-4-2-3-7-17-13)18-8-11-5-6-12(19-11)9-20-14(15)16/h2-7,10,14,18H,8-9H2,1H3/t10-/m1/s1. The Balaban J connectivity index is 1.82. The van der Waals surface area contributed by atoms with Gasteiger partial charge in [-0.05, 0) is 31.2 Å². The van der Waals surface area contributed by atoms with E-state index in [4.69, 9.17) is 4.42 Å². The zero-order chi connectivity index (χ0) is 14.4. The summed E-state index contributed by atoms with van der Waals surface area (Å²) in [5.74, 6) is -0.880. The lowest BCUT2D eigenvalue weighted by Gasteiger charge is -2.11. The minimum absolute atomic E-state index is 0.0974. The smallest absolute Gasteiger partial charge is 0.284 e. The topological polar surface area (TPSA) is 38.1 Å². The maximum atomic E-state index is 12.1. The van der Waals surface area contributed by atoms with Crippen LogP contribution in [0.5, 0.6) is 0 Å². The van der Waals surface area contributed by atoms with E-state index in [2.05, 4.69) is 10.3 Å². The summed E-state index contributed by atoms with van der Waals surface area (Å²) in [6.45, 7) is 2.55. The minimum atomic E-state index is -2.37. The van der Waals surface area contributed by atoms with E-state index in [-0.39, 0.29) is 11.8 Å². The van der Waals surface area contributed by atoms with Crippen molar-refractivity contribution < 1.29 is 13.2 Å². The summed E-state index contributed by atoms with van der Waals surface area (Å²) in [6, 6.07) is 9.39. The van der Waals surface area contributed by atoms with Crippen LogP contribution in [-0.2, 0) is 12.3 Å². The van der Waals surface area contributed by atoms with Crippen LogP contribution in [-0.4, -0.2) is 10.7 Å². The molecule has 0 radical (unpaired) electrons. The Morgan fingerprint density at radius 3 is 2.75 bits per heavy atom. The number of halogens is 2. The molecule has 2 rings (SSSR count). The Hall–Kier alpha value is -1.40. The highest BCUT2D eigenvalue weighted by atomic mass is 32.2. The predicted molar refractivity (Wildman–Crippen MR) is 75.5 cm³/mol. The third-order valence-electron chi connectivity index (χ3n) is 2.78. The van der Waals surface area contributed by atoms with Gasteiger partial charge in [0.25, 0.3) is 5.76 Å². The molecule has 0 spiro atoms. The molecule has 0 aliphatic rings. The van der Waals surface area contributed by atoms with Crippen LogP contribution in [0.3, 0.4) is 0 Å². The van der Waals surface area contributed by atoms with Crippen LogP contribution < -0.4 is 5.32 Å². The van der Waals surface area contributed by atoms with Gasteiger partial charge in [0.15, 0.2) is 0 Å². The van der Waals surface area contributed by atoms with E-state index in [1.165, 1.54) is 0 Å². The van der Waals surface area contributed by atoms with E-state index in [0.29, 0.717) is 24.1 Å². The second kappa shape index (κ2) is 7.40. The van der Waals surface area contributed by atoms with Crippen molar-refractivity contribution in [1.29, 1.82) is 0 Å². The van der Waals surface area contributed by atoms with E-state index in [9.17, 15) is 8.78 Å². The Kier molecular flexibility index (Phi) is 5.55. The first-order chi connectivity index (χ1) is 9.65. The lowest BCUT2D eigenvalue weighted by molar-refractivity contribution is 0.251. The van der Waals surface area contributed by atoms with E-state index in [1.54, 1.807) is 18.3 Å². The van der Waals surface area contributed by atoms with E-state index in [1.807, 2.05) is 25.1 Å². The number of thioether (sulfide) groups is 1. The minimum Gasteiger partial charge on any atom is -0.464 e. The molecule has 108 valence electrons. The van der Waals surface area contributed by atoms with E-state index < -0.39 is 5.76 Å². The van der Waals surface area contributed by atoms with Gasteiger partial charge in [-0.25, -0.2) is 0 Å². The molecule has 1 N–H and O–H groups in total. The molecule has 6 heteroatoms. The predicted octanol–water partition coefficient (Wildman–Crippen LogP) is 3.98. The molecule has 0 amide bonds. The highest BCUT2D eigenvalue weighted by Gasteiger charge is 2.09. The molecular formula is C14H16F2N2OS. The van der Waals surface area contributed by atoms with Crippen LogP contribution in [0.2, 0.25) is 0 Å². The SMILES string of the molecule is C[C@@H](NCc1ccc(CSC(F)F)o1)c1ccccn1. The number of pyridine rings is 1. The Bertz CT molecular complexity index is 519. The maximum Gasteiger partial charge on any atom is 0.284 e. The monoisotopic (exact) mass is 298 g/mol. The molecule has 20 heavy (non-hydrogen) atoms. The molecule has 2 heterocycles. The lowest BCUT2D eigenvalue weighted by Crippen LogP contribution is -2.18. The maximum absolute atomic E-state index is 12.1. The van der Waals surface area contributed by atoms with Crippen molar-refractivity contribution in [3.05, 3.63) is 53.7 Å². The van der Waals surface area contributed by atoms with Gasteiger partial charge in [-0.2, -0.15) is 8.78 Å². The molecule has 0 saturated carbocycles. The zero-order valence-corrected chi connectivity index (χ0v) is 11.9. The average Bonchev–Trinajstić information content (AvgIpc) is 2.91. The van der Waals surface area contributed by atoms with Gasteiger partial charge in [0.05, 0.1) is 18.0 Å². The first-order valence-corrected chi connectivity index (χ1v) is 7.31. The van der Waals surface area contributed by atoms with Gasteiger partial charge in [0, 0.05) is 12.2 Å². The molecule has 2 aromatic rings. The molecule has 0 aromatic carbocycles. The second-order valence-corrected chi connectivity index (χ2v) is 5.28. The fourth-order valence-corrected chi connectivity index (χ4v) is 2.18. The number of aromatic nitrogens is 1. The number of hydrogen-bond donors (Lipinski definition) is 1. The van der Waals surface area contributed by atoms with E-state index in [0.717, 1.165) is 11.5 Å². The third-order valence-corrected chi connectivity index (χ3v) is 3.49. The normalized spacial score (nSPS) is 12.8. The fourth-order valence-electron chi connectivity index (χ4n) is 1.73. The number of alkyl halides is 2. The molecular weight excluding hydrogens is 282 g/mol. The van der Waals surface area contributed by atoms with Crippen molar-refractivity contribution in [3.8, 4) is 0 Å². The molecule has 0 unspecified atom stereocenters. The summed E-state index contributed by atoms with van der Waals surface area (Å²) < 4.78 is 29.6. The van der Waals surface area contributed by atoms with Gasteiger partial charge in [0.2, 0.25) is 0 Å². The van der Waals surface area contributed by atoms with Crippen molar-refractivity contribution >= 4 is 11.8 Å². The van der Waals surface area contributed by atoms with Crippen molar-refractivity contribution in [2.24, 2.45) is 0 Å². The van der Waals surface area contributed by atoms with Gasteiger partial charge in [-0.3, -0.25) is 4.98 Å². The number of nitrogens with one attached hydrogen (secondary N) is 1. The van der Waals surface area contributed by atoms with Gasteiger partial charge in [-0.15, -0.1) is 0 Å². The molecule has 0 bridgehead atoms. The summed E-state index contributed by atoms with van der Waals surface area (Å²) in [7, 11) is 0. The quantitative estimate of drug-likeness (QED) is 0.839. The van der Waals surface area contributed by atoms with Crippen molar-refractivity contribution in [3.63, 3.8) is 0 Å². The Labute approximate surface area is 120 Å². The molecule has 0 fully saturated rings. The molecule has 0 saturated heterocycles. The van der Waals surface area contributed by atoms with Gasteiger partial charge < -0.3 is 9.73 Å². The zero-order valence-electron chi connectivity index (χ0n) is 11.1. The van der Waals surface area contributed by atoms with Gasteiger partial charge >= 0.3 is 0 Å². The first-order valence-electron chi connectivity index (χ1n) is 6.27. The Morgan fingerprint density at radius 1 is 1.25 bits per heavy atom. The summed E-state index contributed by atoms with van der Waals surface area (Å²) in [6.07, 6.45) is 1.75. The number of furan rings is 1. The molecule has 0 aliphatic heterocycles. The summed E-state index contributed by atoms with van der Waals surface area (Å²) >= 11 is 0.561. The summed E-state index contributed by atoms with van der Waals surface area (Å²) in [5.41, 5.74) is 0.951. The highest BCUT2D eigenvalue weighted by Crippen LogP contribution is 2.21. The highest BCUT2D eigenvalue weighted by molar-refractivity contribution is 7.98.